The zero-order valence-electron chi connectivity index (χ0n) is 21.9. The Morgan fingerprint density at radius 2 is 1.88 bits per heavy atom. The molecule has 2 saturated heterocycles. The van der Waals surface area contributed by atoms with Gasteiger partial charge in [0, 0.05) is 51.4 Å². The minimum absolute atomic E-state index is 0.0522. The molecule has 4 aromatic rings. The molecule has 2 fully saturated rings. The summed E-state index contributed by atoms with van der Waals surface area (Å²) in [6.45, 7) is 7.22. The highest BCUT2D eigenvalue weighted by atomic mass is 35.5. The van der Waals surface area contributed by atoms with E-state index in [9.17, 15) is 9.18 Å². The van der Waals surface area contributed by atoms with E-state index in [1.54, 1.807) is 11.0 Å². The predicted molar refractivity (Wildman–Crippen MR) is 152 cm³/mol. The Hall–Kier alpha value is -3.74. The Balaban J connectivity index is 1.46. The van der Waals surface area contributed by atoms with Crippen molar-refractivity contribution in [2.45, 2.75) is 6.04 Å². The number of nitrogens with one attached hydrogen (secondary N) is 1. The van der Waals surface area contributed by atoms with Crippen LogP contribution in [0.25, 0.3) is 21.8 Å². The SMILES string of the molecule is C=CC(=O)N1CCN(c2nc(N3CC(N(C)C)C3)nc3c(Oc4c(Cl)c(F)cc5[nH]ncc45)nc(Cl)cc23)CC1. The van der Waals surface area contributed by atoms with Crippen molar-refractivity contribution in [2.24, 2.45) is 0 Å². The largest absolute Gasteiger partial charge is 0.434 e. The number of rotatable bonds is 6. The number of H-pyrrole nitrogens is 1. The second kappa shape index (κ2) is 10.3. The maximum absolute atomic E-state index is 14.6. The van der Waals surface area contributed by atoms with E-state index in [0.29, 0.717) is 65.8 Å². The fourth-order valence-corrected chi connectivity index (χ4v) is 5.29. The molecule has 0 spiro atoms. The number of carbonyl (C=O) groups excluding carboxylic acids is 1. The van der Waals surface area contributed by atoms with E-state index in [2.05, 4.69) is 36.5 Å². The number of piperazine rings is 1. The van der Waals surface area contributed by atoms with Crippen molar-refractivity contribution in [3.8, 4) is 11.6 Å². The van der Waals surface area contributed by atoms with Crippen molar-refractivity contribution in [3.63, 3.8) is 0 Å². The van der Waals surface area contributed by atoms with Crippen LogP contribution in [0.3, 0.4) is 0 Å². The van der Waals surface area contributed by atoms with Crippen LogP contribution in [-0.4, -0.2) is 100 Å². The van der Waals surface area contributed by atoms with E-state index in [4.69, 9.17) is 37.9 Å². The van der Waals surface area contributed by atoms with Gasteiger partial charge in [0.1, 0.15) is 27.3 Å². The number of pyridine rings is 1. The van der Waals surface area contributed by atoms with Crippen molar-refractivity contribution in [3.05, 3.63) is 47.0 Å². The molecule has 2 aliphatic heterocycles. The Morgan fingerprint density at radius 3 is 2.58 bits per heavy atom. The Labute approximate surface area is 239 Å². The molecule has 6 rings (SSSR count). The van der Waals surface area contributed by atoms with E-state index in [1.807, 2.05) is 14.1 Å². The summed E-state index contributed by atoms with van der Waals surface area (Å²) in [5.74, 6) is 0.496. The smallest absolute Gasteiger partial charge is 0.247 e. The van der Waals surface area contributed by atoms with Gasteiger partial charge in [0.25, 0.3) is 0 Å². The average Bonchev–Trinajstić information content (AvgIpc) is 3.37. The number of aromatic nitrogens is 5. The summed E-state index contributed by atoms with van der Waals surface area (Å²) in [4.78, 5) is 34.4. The molecule has 0 atom stereocenters. The lowest BCUT2D eigenvalue weighted by Gasteiger charge is -2.43. The molecule has 5 heterocycles. The molecule has 1 amide bonds. The molecule has 0 unspecified atom stereocenters. The Kier molecular flexibility index (Phi) is 6.85. The number of ether oxygens (including phenoxy) is 1. The molecule has 40 heavy (non-hydrogen) atoms. The number of hydrogen-bond acceptors (Lipinski definition) is 9. The predicted octanol–water partition coefficient (Wildman–Crippen LogP) is 3.72. The van der Waals surface area contributed by atoms with E-state index >= 15 is 0 Å². The normalized spacial score (nSPS) is 16.2. The third kappa shape index (κ3) is 4.65. The van der Waals surface area contributed by atoms with Gasteiger partial charge in [0.05, 0.1) is 22.5 Å². The molecule has 3 aromatic heterocycles. The Bertz CT molecular complexity index is 1630. The number of fused-ring (bicyclic) bond motifs is 2. The van der Waals surface area contributed by atoms with Gasteiger partial charge in [-0.25, -0.2) is 9.37 Å². The van der Waals surface area contributed by atoms with Crippen molar-refractivity contribution >= 4 is 62.7 Å². The molecular formula is C26H26Cl2FN9O2. The van der Waals surface area contributed by atoms with Crippen LogP contribution in [0.4, 0.5) is 16.2 Å². The van der Waals surface area contributed by atoms with Crippen molar-refractivity contribution in [1.82, 2.24) is 34.9 Å². The second-order valence-corrected chi connectivity index (χ2v) is 10.7. The van der Waals surface area contributed by atoms with E-state index < -0.39 is 5.82 Å². The van der Waals surface area contributed by atoms with Crippen molar-refractivity contribution in [1.29, 1.82) is 0 Å². The number of carbonyl (C=O) groups is 1. The summed E-state index contributed by atoms with van der Waals surface area (Å²) in [7, 11) is 4.08. The fourth-order valence-electron chi connectivity index (χ4n) is 4.91. The van der Waals surface area contributed by atoms with E-state index in [-0.39, 0.29) is 27.7 Å². The third-order valence-electron chi connectivity index (χ3n) is 7.32. The zero-order valence-corrected chi connectivity index (χ0v) is 23.4. The minimum atomic E-state index is -0.669. The lowest BCUT2D eigenvalue weighted by atomic mass is 10.1. The molecule has 11 nitrogen and oxygen atoms in total. The number of anilines is 2. The van der Waals surface area contributed by atoms with Gasteiger partial charge in [0.2, 0.25) is 17.7 Å². The van der Waals surface area contributed by atoms with Crippen LogP contribution in [0.2, 0.25) is 10.2 Å². The lowest BCUT2D eigenvalue weighted by molar-refractivity contribution is -0.126. The first kappa shape index (κ1) is 26.5. The van der Waals surface area contributed by atoms with Crippen LogP contribution in [0.1, 0.15) is 0 Å². The first-order valence-electron chi connectivity index (χ1n) is 12.7. The van der Waals surface area contributed by atoms with E-state index in [0.717, 1.165) is 13.1 Å². The Morgan fingerprint density at radius 1 is 1.12 bits per heavy atom. The molecule has 0 aliphatic carbocycles. The number of hydrogen-bond donors (Lipinski definition) is 1. The molecule has 1 N–H and O–H groups in total. The summed E-state index contributed by atoms with van der Waals surface area (Å²) in [5, 5.41) is 7.75. The highest BCUT2D eigenvalue weighted by Gasteiger charge is 2.32. The summed E-state index contributed by atoms with van der Waals surface area (Å²) >= 11 is 12.8. The molecule has 0 bridgehead atoms. The fraction of sp³-hybridized carbons (Fsp3) is 0.346. The first-order chi connectivity index (χ1) is 19.2. The highest BCUT2D eigenvalue weighted by Crippen LogP contribution is 2.41. The summed E-state index contributed by atoms with van der Waals surface area (Å²) in [5.41, 5.74) is 0.820. The molecule has 0 radical (unpaired) electrons. The molecule has 2 aliphatic rings. The van der Waals surface area contributed by atoms with Gasteiger partial charge >= 0.3 is 0 Å². The minimum Gasteiger partial charge on any atom is -0.434 e. The number of amides is 1. The standard InChI is InChI=1S/C26H26Cl2FN9O2/c1-4-20(39)36-5-7-37(8-6-36)24-15-9-19(27)31-25(22(15)32-26(33-24)38-12-14(13-38)35(2)3)40-23-16-11-30-34-18(16)10-17(29)21(23)28/h4,9-11,14H,1,5-8,12-13H2,2-3H3,(H,30,34). The van der Waals surface area contributed by atoms with Crippen LogP contribution in [-0.2, 0) is 4.79 Å². The summed E-state index contributed by atoms with van der Waals surface area (Å²) in [6, 6.07) is 3.31. The van der Waals surface area contributed by atoms with Gasteiger partial charge in [0.15, 0.2) is 5.75 Å². The van der Waals surface area contributed by atoms with E-state index in [1.165, 1.54) is 18.3 Å². The van der Waals surface area contributed by atoms with Crippen LogP contribution in [0.15, 0.2) is 31.0 Å². The monoisotopic (exact) mass is 585 g/mol. The van der Waals surface area contributed by atoms with Gasteiger partial charge in [-0.05, 0) is 26.2 Å². The van der Waals surface area contributed by atoms with Gasteiger partial charge in [-0.2, -0.15) is 15.1 Å². The number of halogens is 3. The number of nitrogens with zero attached hydrogens (tertiary/aromatic N) is 8. The maximum Gasteiger partial charge on any atom is 0.247 e. The maximum atomic E-state index is 14.6. The van der Waals surface area contributed by atoms with Crippen molar-refractivity contribution < 1.29 is 13.9 Å². The quantitative estimate of drug-likeness (QED) is 0.267. The summed E-state index contributed by atoms with van der Waals surface area (Å²) in [6.07, 6.45) is 2.82. The highest BCUT2D eigenvalue weighted by molar-refractivity contribution is 6.33. The van der Waals surface area contributed by atoms with Crippen molar-refractivity contribution in [2.75, 3.05) is 63.2 Å². The van der Waals surface area contributed by atoms with Gasteiger partial charge < -0.3 is 24.3 Å². The average molecular weight is 586 g/mol. The molecular weight excluding hydrogens is 560 g/mol. The zero-order chi connectivity index (χ0) is 28.1. The van der Waals surface area contributed by atoms with Crippen LogP contribution < -0.4 is 14.5 Å². The third-order valence-corrected chi connectivity index (χ3v) is 7.87. The molecule has 14 heteroatoms. The number of benzene rings is 1. The lowest BCUT2D eigenvalue weighted by Crippen LogP contribution is -2.58. The van der Waals surface area contributed by atoms with Crippen LogP contribution in [0.5, 0.6) is 11.6 Å². The topological polar surface area (TPSA) is 107 Å². The van der Waals surface area contributed by atoms with Gasteiger partial charge in [-0.1, -0.05) is 29.8 Å². The number of likely N-dealkylation sites (N-methyl/N-ethyl adjacent to an activating group) is 1. The van der Waals surface area contributed by atoms with Gasteiger partial charge in [-0.15, -0.1) is 0 Å². The molecule has 208 valence electrons. The van der Waals surface area contributed by atoms with Crippen LogP contribution in [0, 0.1) is 5.82 Å². The number of aromatic amines is 1. The summed E-state index contributed by atoms with van der Waals surface area (Å²) < 4.78 is 20.8. The second-order valence-electron chi connectivity index (χ2n) is 9.97. The molecule has 0 saturated carbocycles. The molecule has 1 aromatic carbocycles. The van der Waals surface area contributed by atoms with Gasteiger partial charge in [-0.3, -0.25) is 9.89 Å². The first-order valence-corrected chi connectivity index (χ1v) is 13.4. The van der Waals surface area contributed by atoms with Crippen LogP contribution >= 0.6 is 23.2 Å².